The van der Waals surface area contributed by atoms with Crippen molar-refractivity contribution >= 4 is 49.8 Å². The van der Waals surface area contributed by atoms with Gasteiger partial charge in [0.1, 0.15) is 16.5 Å². The van der Waals surface area contributed by atoms with Crippen molar-refractivity contribution in [1.29, 1.82) is 0 Å². The standard InChI is InChI=1S/C12H12BrFN4OS/c1-2-16-12-18-10(15)9(20-12)11(19)17-8-4-3-6(13)5-7(8)14/h3-5H,2,15H2,1H3,(H,16,18)(H,17,19). The van der Waals surface area contributed by atoms with Crippen LogP contribution in [0.25, 0.3) is 0 Å². The number of thiazole rings is 1. The maximum Gasteiger partial charge on any atom is 0.269 e. The number of halogens is 2. The van der Waals surface area contributed by atoms with Gasteiger partial charge in [0, 0.05) is 11.0 Å². The Labute approximate surface area is 127 Å². The number of nitrogen functional groups attached to an aromatic ring is 1. The highest BCUT2D eigenvalue weighted by atomic mass is 79.9. The molecule has 0 spiro atoms. The first-order chi connectivity index (χ1) is 9.51. The molecule has 106 valence electrons. The van der Waals surface area contributed by atoms with E-state index in [0.29, 0.717) is 16.1 Å². The number of hydrogen-bond acceptors (Lipinski definition) is 5. The van der Waals surface area contributed by atoms with E-state index in [1.54, 1.807) is 6.07 Å². The number of carbonyl (C=O) groups excluding carboxylic acids is 1. The second-order valence-electron chi connectivity index (χ2n) is 3.84. The molecular weight excluding hydrogens is 347 g/mol. The average Bonchev–Trinajstić information content (AvgIpc) is 2.74. The lowest BCUT2D eigenvalue weighted by molar-refractivity contribution is 0.103. The van der Waals surface area contributed by atoms with Crippen LogP contribution in [-0.4, -0.2) is 17.4 Å². The number of hydrogen-bond donors (Lipinski definition) is 3. The zero-order valence-corrected chi connectivity index (χ0v) is 12.9. The average molecular weight is 359 g/mol. The quantitative estimate of drug-likeness (QED) is 0.783. The van der Waals surface area contributed by atoms with Crippen LogP contribution in [0.2, 0.25) is 0 Å². The highest BCUT2D eigenvalue weighted by Crippen LogP contribution is 2.26. The molecule has 1 heterocycles. The summed E-state index contributed by atoms with van der Waals surface area (Å²) >= 11 is 4.28. The van der Waals surface area contributed by atoms with E-state index in [4.69, 9.17) is 5.73 Å². The summed E-state index contributed by atoms with van der Waals surface area (Å²) in [6, 6.07) is 4.38. The van der Waals surface area contributed by atoms with Crippen LogP contribution < -0.4 is 16.4 Å². The largest absolute Gasteiger partial charge is 0.382 e. The van der Waals surface area contributed by atoms with Gasteiger partial charge in [-0.1, -0.05) is 27.3 Å². The summed E-state index contributed by atoms with van der Waals surface area (Å²) in [4.78, 5) is 16.3. The van der Waals surface area contributed by atoms with Crippen molar-refractivity contribution < 1.29 is 9.18 Å². The first kappa shape index (κ1) is 14.7. The van der Waals surface area contributed by atoms with Crippen LogP contribution in [0.1, 0.15) is 16.6 Å². The third kappa shape index (κ3) is 3.26. The maximum atomic E-state index is 13.7. The Morgan fingerprint density at radius 3 is 2.95 bits per heavy atom. The summed E-state index contributed by atoms with van der Waals surface area (Å²) in [7, 11) is 0. The lowest BCUT2D eigenvalue weighted by atomic mass is 10.3. The minimum atomic E-state index is -0.525. The number of anilines is 3. The van der Waals surface area contributed by atoms with Crippen LogP contribution in [0.15, 0.2) is 22.7 Å². The fraction of sp³-hybridized carbons (Fsp3) is 0.167. The van der Waals surface area contributed by atoms with Gasteiger partial charge in [-0.15, -0.1) is 0 Å². The van der Waals surface area contributed by atoms with E-state index in [0.717, 1.165) is 11.3 Å². The Balaban J connectivity index is 2.19. The molecule has 0 atom stereocenters. The van der Waals surface area contributed by atoms with Crippen molar-refractivity contribution in [1.82, 2.24) is 4.98 Å². The van der Waals surface area contributed by atoms with E-state index in [2.05, 4.69) is 31.5 Å². The van der Waals surface area contributed by atoms with Crippen molar-refractivity contribution in [2.45, 2.75) is 6.92 Å². The lowest BCUT2D eigenvalue weighted by Gasteiger charge is -2.05. The minimum absolute atomic E-state index is 0.0935. The van der Waals surface area contributed by atoms with Gasteiger partial charge >= 0.3 is 0 Å². The molecule has 0 aliphatic heterocycles. The smallest absolute Gasteiger partial charge is 0.269 e. The second kappa shape index (κ2) is 6.19. The minimum Gasteiger partial charge on any atom is -0.382 e. The lowest BCUT2D eigenvalue weighted by Crippen LogP contribution is -2.13. The predicted molar refractivity (Wildman–Crippen MR) is 82.7 cm³/mol. The number of aromatic nitrogens is 1. The van der Waals surface area contributed by atoms with Crippen LogP contribution in [0.5, 0.6) is 0 Å². The van der Waals surface area contributed by atoms with Crippen LogP contribution in [0.3, 0.4) is 0 Å². The maximum absolute atomic E-state index is 13.7. The summed E-state index contributed by atoms with van der Waals surface area (Å²) in [6.45, 7) is 2.59. The van der Waals surface area contributed by atoms with E-state index < -0.39 is 11.7 Å². The number of rotatable bonds is 4. The van der Waals surface area contributed by atoms with E-state index in [1.165, 1.54) is 12.1 Å². The van der Waals surface area contributed by atoms with E-state index in [9.17, 15) is 9.18 Å². The van der Waals surface area contributed by atoms with Crippen molar-refractivity contribution in [3.8, 4) is 0 Å². The molecule has 8 heteroatoms. The normalized spacial score (nSPS) is 10.3. The molecule has 2 rings (SSSR count). The molecule has 1 amide bonds. The van der Waals surface area contributed by atoms with Crippen LogP contribution in [0.4, 0.5) is 21.0 Å². The zero-order valence-electron chi connectivity index (χ0n) is 10.5. The van der Waals surface area contributed by atoms with Gasteiger partial charge in [0.05, 0.1) is 5.69 Å². The zero-order chi connectivity index (χ0) is 14.7. The third-order valence-electron chi connectivity index (χ3n) is 2.37. The highest BCUT2D eigenvalue weighted by Gasteiger charge is 2.17. The number of nitrogens with zero attached hydrogens (tertiary/aromatic N) is 1. The van der Waals surface area contributed by atoms with Crippen LogP contribution in [0, 0.1) is 5.82 Å². The molecule has 1 aromatic carbocycles. The van der Waals surface area contributed by atoms with Gasteiger partial charge in [-0.3, -0.25) is 4.79 Å². The van der Waals surface area contributed by atoms with Gasteiger partial charge in [-0.25, -0.2) is 9.37 Å². The molecule has 4 N–H and O–H groups in total. The molecule has 5 nitrogen and oxygen atoms in total. The first-order valence-electron chi connectivity index (χ1n) is 5.77. The fourth-order valence-corrected chi connectivity index (χ4v) is 2.67. The number of nitrogens with one attached hydrogen (secondary N) is 2. The topological polar surface area (TPSA) is 80.0 Å². The summed E-state index contributed by atoms with van der Waals surface area (Å²) < 4.78 is 14.2. The molecule has 0 unspecified atom stereocenters. The highest BCUT2D eigenvalue weighted by molar-refractivity contribution is 9.10. The van der Waals surface area contributed by atoms with Crippen LogP contribution >= 0.6 is 27.3 Å². The van der Waals surface area contributed by atoms with Crippen molar-refractivity contribution in [2.75, 3.05) is 22.9 Å². The first-order valence-corrected chi connectivity index (χ1v) is 7.38. The second-order valence-corrected chi connectivity index (χ2v) is 5.76. The number of amides is 1. The molecular formula is C12H12BrFN4OS. The number of benzene rings is 1. The monoisotopic (exact) mass is 358 g/mol. The van der Waals surface area contributed by atoms with Crippen molar-refractivity contribution in [2.24, 2.45) is 0 Å². The Kier molecular flexibility index (Phi) is 4.56. The number of carbonyl (C=O) groups is 1. The van der Waals surface area contributed by atoms with E-state index in [-0.39, 0.29) is 16.4 Å². The third-order valence-corrected chi connectivity index (χ3v) is 3.89. The Hall–Kier alpha value is -1.67. The Morgan fingerprint density at radius 2 is 2.30 bits per heavy atom. The van der Waals surface area contributed by atoms with E-state index in [1.807, 2.05) is 6.92 Å². The molecule has 20 heavy (non-hydrogen) atoms. The predicted octanol–water partition coefficient (Wildman–Crippen LogP) is 3.31. The molecule has 0 aliphatic carbocycles. The fourth-order valence-electron chi connectivity index (χ4n) is 1.49. The Bertz CT molecular complexity index is 646. The molecule has 2 aromatic rings. The van der Waals surface area contributed by atoms with Gasteiger partial charge in [-0.2, -0.15) is 0 Å². The SMILES string of the molecule is CCNc1nc(N)c(C(=O)Nc2ccc(Br)cc2F)s1. The number of nitrogens with two attached hydrogens (primary N) is 1. The van der Waals surface area contributed by atoms with E-state index >= 15 is 0 Å². The van der Waals surface area contributed by atoms with Gasteiger partial charge in [-0.05, 0) is 25.1 Å². The molecule has 0 fully saturated rings. The summed E-state index contributed by atoms with van der Waals surface area (Å²) in [5.74, 6) is -0.880. The van der Waals surface area contributed by atoms with Gasteiger partial charge in [0.25, 0.3) is 5.91 Å². The molecule has 0 bridgehead atoms. The summed E-state index contributed by atoms with van der Waals surface area (Å²) in [5, 5.41) is 6.01. The molecule has 0 radical (unpaired) electrons. The molecule has 0 saturated carbocycles. The molecule has 1 aromatic heterocycles. The molecule has 0 aliphatic rings. The van der Waals surface area contributed by atoms with Crippen molar-refractivity contribution in [3.63, 3.8) is 0 Å². The molecule has 0 saturated heterocycles. The van der Waals surface area contributed by atoms with Gasteiger partial charge < -0.3 is 16.4 Å². The summed E-state index contributed by atoms with van der Waals surface area (Å²) in [5.41, 5.74) is 5.78. The summed E-state index contributed by atoms with van der Waals surface area (Å²) in [6.07, 6.45) is 0. The Morgan fingerprint density at radius 1 is 1.55 bits per heavy atom. The van der Waals surface area contributed by atoms with Gasteiger partial charge in [0.15, 0.2) is 5.13 Å². The van der Waals surface area contributed by atoms with Crippen LogP contribution in [-0.2, 0) is 0 Å². The van der Waals surface area contributed by atoms with Gasteiger partial charge in [0.2, 0.25) is 0 Å². The van der Waals surface area contributed by atoms with Crippen molar-refractivity contribution in [3.05, 3.63) is 33.4 Å².